The third-order valence-corrected chi connectivity index (χ3v) is 4.78. The number of phenols is 1. The van der Waals surface area contributed by atoms with Crippen LogP contribution < -0.4 is 14.2 Å². The lowest BCUT2D eigenvalue weighted by Crippen LogP contribution is -2.20. The van der Waals surface area contributed by atoms with Crippen molar-refractivity contribution in [3.8, 4) is 23.0 Å². The molecule has 34 heavy (non-hydrogen) atoms. The van der Waals surface area contributed by atoms with E-state index in [4.69, 9.17) is 14.2 Å². The van der Waals surface area contributed by atoms with E-state index in [9.17, 15) is 23.1 Å². The highest BCUT2D eigenvalue weighted by Crippen LogP contribution is 2.30. The van der Waals surface area contributed by atoms with Gasteiger partial charge in [-0.25, -0.2) is 0 Å². The number of nitrogens with zero attached hydrogens (tertiary/aromatic N) is 1. The number of methoxy groups -OCH3 is 1. The lowest BCUT2D eigenvalue weighted by Gasteiger charge is -2.15. The second-order valence-corrected chi connectivity index (χ2v) is 7.23. The van der Waals surface area contributed by atoms with Gasteiger partial charge in [0.05, 0.1) is 12.8 Å². The second kappa shape index (κ2) is 10.7. The molecule has 178 valence electrons. The Morgan fingerprint density at radius 1 is 1.03 bits per heavy atom. The minimum absolute atomic E-state index is 0.0140. The molecule has 0 radical (unpaired) electrons. The lowest BCUT2D eigenvalue weighted by molar-refractivity contribution is -0.153. The summed E-state index contributed by atoms with van der Waals surface area (Å²) in [6.45, 7) is 0.198. The molecule has 3 rings (SSSR count). The van der Waals surface area contributed by atoms with Gasteiger partial charge in [0.1, 0.15) is 18.1 Å². The molecule has 0 spiro atoms. The number of hydrogen-bond acceptors (Lipinski definition) is 6. The predicted molar refractivity (Wildman–Crippen MR) is 119 cm³/mol. The summed E-state index contributed by atoms with van der Waals surface area (Å²) in [7, 11) is 1.46. The molecule has 9 heteroatoms. The van der Waals surface area contributed by atoms with E-state index in [1.807, 2.05) is 0 Å². The fourth-order valence-corrected chi connectivity index (χ4v) is 2.97. The average molecular weight is 473 g/mol. The number of aromatic hydroxyl groups is 1. The normalized spacial score (nSPS) is 11.4. The van der Waals surface area contributed by atoms with Crippen LogP contribution in [0, 0.1) is 6.92 Å². The molecule has 1 heterocycles. The fourth-order valence-electron chi connectivity index (χ4n) is 2.97. The van der Waals surface area contributed by atoms with Crippen molar-refractivity contribution in [1.82, 2.24) is 4.98 Å². The molecule has 0 atom stereocenters. The fraction of sp³-hybridized carbons (Fsp3) is 0.200. The van der Waals surface area contributed by atoms with Gasteiger partial charge in [0.15, 0.2) is 23.9 Å². The number of ketones is 1. The molecule has 3 aromatic rings. The third-order valence-electron chi connectivity index (χ3n) is 4.78. The van der Waals surface area contributed by atoms with Gasteiger partial charge in [-0.2, -0.15) is 13.2 Å². The zero-order valence-corrected chi connectivity index (χ0v) is 18.4. The van der Waals surface area contributed by atoms with Crippen molar-refractivity contribution in [1.29, 1.82) is 0 Å². The highest BCUT2D eigenvalue weighted by atomic mass is 19.4. The number of ether oxygens (including phenoxy) is 3. The first-order chi connectivity index (χ1) is 16.2. The number of rotatable bonds is 9. The van der Waals surface area contributed by atoms with E-state index >= 15 is 0 Å². The first-order valence-corrected chi connectivity index (χ1v) is 10.1. The monoisotopic (exact) mass is 473 g/mol. The molecule has 6 nitrogen and oxygen atoms in total. The van der Waals surface area contributed by atoms with E-state index in [0.717, 1.165) is 0 Å². The van der Waals surface area contributed by atoms with Crippen molar-refractivity contribution < 1.29 is 37.3 Å². The predicted octanol–water partition coefficient (Wildman–Crippen LogP) is 5.52. The highest BCUT2D eigenvalue weighted by molar-refractivity contribution is 6.06. The quantitative estimate of drug-likeness (QED) is 0.326. The van der Waals surface area contributed by atoms with Crippen LogP contribution in [0.15, 0.2) is 60.8 Å². The number of benzene rings is 2. The van der Waals surface area contributed by atoms with Gasteiger partial charge in [-0.15, -0.1) is 0 Å². The van der Waals surface area contributed by atoms with E-state index in [2.05, 4.69) is 4.98 Å². The van der Waals surface area contributed by atoms with Crippen molar-refractivity contribution in [3.05, 3.63) is 83.2 Å². The maximum atomic E-state index is 12.4. The first-order valence-electron chi connectivity index (χ1n) is 10.1. The SMILES string of the molecule is COc1cc(/C=C/C(=O)c2ccc(O)cc2)ccc1OCc1nccc(OCC(F)(F)F)c1C. The highest BCUT2D eigenvalue weighted by Gasteiger charge is 2.28. The smallest absolute Gasteiger partial charge is 0.422 e. The van der Waals surface area contributed by atoms with Crippen LogP contribution in [0.2, 0.25) is 0 Å². The number of pyridine rings is 1. The van der Waals surface area contributed by atoms with Crippen molar-refractivity contribution in [2.24, 2.45) is 0 Å². The number of carbonyl (C=O) groups excluding carboxylic acids is 1. The number of aromatic nitrogens is 1. The molecule has 0 saturated carbocycles. The summed E-state index contributed by atoms with van der Waals surface area (Å²) in [5.41, 5.74) is 1.99. The molecule has 1 N–H and O–H groups in total. The zero-order chi connectivity index (χ0) is 24.7. The van der Waals surface area contributed by atoms with Gasteiger partial charge in [-0.1, -0.05) is 12.1 Å². The van der Waals surface area contributed by atoms with E-state index in [0.29, 0.717) is 33.9 Å². The Morgan fingerprint density at radius 2 is 1.76 bits per heavy atom. The summed E-state index contributed by atoms with van der Waals surface area (Å²) in [5, 5.41) is 9.32. The minimum Gasteiger partial charge on any atom is -0.508 e. The number of hydrogen-bond donors (Lipinski definition) is 1. The molecule has 0 fully saturated rings. The number of halogens is 3. The van der Waals surface area contributed by atoms with Crippen molar-refractivity contribution in [2.45, 2.75) is 19.7 Å². The van der Waals surface area contributed by atoms with Crippen LogP contribution in [-0.4, -0.2) is 35.8 Å². The summed E-state index contributed by atoms with van der Waals surface area (Å²) in [4.78, 5) is 16.4. The maximum absolute atomic E-state index is 12.4. The van der Waals surface area contributed by atoms with Crippen molar-refractivity contribution >= 4 is 11.9 Å². The molecule has 2 aromatic carbocycles. The summed E-state index contributed by atoms with van der Waals surface area (Å²) >= 11 is 0. The van der Waals surface area contributed by atoms with Crippen LogP contribution in [0.1, 0.15) is 27.2 Å². The van der Waals surface area contributed by atoms with E-state index in [-0.39, 0.29) is 23.9 Å². The molecule has 0 amide bonds. The number of alkyl halides is 3. The standard InChI is InChI=1S/C25H22F3NO5/c1-16-20(29-12-11-22(16)34-15-25(26,27)28)14-33-23-10-4-17(13-24(23)32-2)3-9-21(31)18-5-7-19(30)8-6-18/h3-13,30H,14-15H2,1-2H3/b9-3+. The molecule has 0 aliphatic heterocycles. The van der Waals surface area contributed by atoms with Gasteiger partial charge in [0, 0.05) is 17.3 Å². The molecule has 0 unspecified atom stereocenters. The second-order valence-electron chi connectivity index (χ2n) is 7.23. The Hall–Kier alpha value is -4.01. The number of phenolic OH excluding ortho intramolecular Hbond substituents is 1. The topological polar surface area (TPSA) is 77.9 Å². The number of carbonyl (C=O) groups is 1. The Balaban J connectivity index is 1.68. The molecule has 1 aromatic heterocycles. The summed E-state index contributed by atoms with van der Waals surface area (Å²) < 4.78 is 53.3. The first kappa shape index (κ1) is 24.6. The van der Waals surface area contributed by atoms with Gasteiger partial charge in [-0.05, 0) is 61.0 Å². The van der Waals surface area contributed by atoms with Gasteiger partial charge >= 0.3 is 6.18 Å². The molecular weight excluding hydrogens is 451 g/mol. The molecular formula is C25H22F3NO5. The Bertz CT molecular complexity index is 1170. The van der Waals surface area contributed by atoms with Crippen LogP contribution in [0.4, 0.5) is 13.2 Å². The number of allylic oxidation sites excluding steroid dienone is 1. The van der Waals surface area contributed by atoms with Crippen molar-refractivity contribution in [2.75, 3.05) is 13.7 Å². The Labute approximate surface area is 194 Å². The molecule has 0 aliphatic carbocycles. The zero-order valence-electron chi connectivity index (χ0n) is 18.4. The van der Waals surface area contributed by atoms with E-state index < -0.39 is 12.8 Å². The summed E-state index contributed by atoms with van der Waals surface area (Å²) in [6.07, 6.45) is -0.0612. The maximum Gasteiger partial charge on any atom is 0.422 e. The Kier molecular flexibility index (Phi) is 7.78. The van der Waals surface area contributed by atoms with E-state index in [1.54, 1.807) is 31.2 Å². The van der Waals surface area contributed by atoms with Gasteiger partial charge in [0.25, 0.3) is 0 Å². The van der Waals surface area contributed by atoms with Crippen LogP contribution in [0.3, 0.4) is 0 Å². The third kappa shape index (κ3) is 6.74. The molecule has 0 saturated heterocycles. The minimum atomic E-state index is -4.44. The lowest BCUT2D eigenvalue weighted by atomic mass is 10.1. The summed E-state index contributed by atoms with van der Waals surface area (Å²) in [6, 6.07) is 12.3. The van der Waals surface area contributed by atoms with Crippen LogP contribution in [0.5, 0.6) is 23.0 Å². The van der Waals surface area contributed by atoms with Gasteiger partial charge in [0.2, 0.25) is 0 Å². The summed E-state index contributed by atoms with van der Waals surface area (Å²) in [5.74, 6) is 0.727. The van der Waals surface area contributed by atoms with Crippen molar-refractivity contribution in [3.63, 3.8) is 0 Å². The van der Waals surface area contributed by atoms with E-state index in [1.165, 1.54) is 49.7 Å². The Morgan fingerprint density at radius 3 is 2.44 bits per heavy atom. The average Bonchev–Trinajstić information content (AvgIpc) is 2.81. The van der Waals surface area contributed by atoms with Crippen LogP contribution >= 0.6 is 0 Å². The van der Waals surface area contributed by atoms with Gasteiger partial charge < -0.3 is 19.3 Å². The largest absolute Gasteiger partial charge is 0.508 e. The van der Waals surface area contributed by atoms with Gasteiger partial charge in [-0.3, -0.25) is 9.78 Å². The van der Waals surface area contributed by atoms with Crippen LogP contribution in [-0.2, 0) is 6.61 Å². The van der Waals surface area contributed by atoms with Crippen LogP contribution in [0.25, 0.3) is 6.08 Å². The molecule has 0 bridgehead atoms. The molecule has 0 aliphatic rings.